The number of likely N-dealkylation sites (N-methyl/N-ethyl adjacent to an activating group) is 1. The van der Waals surface area contributed by atoms with Gasteiger partial charge < -0.3 is 15.3 Å². The van der Waals surface area contributed by atoms with Crippen LogP contribution in [-0.4, -0.2) is 51.6 Å². The van der Waals surface area contributed by atoms with E-state index in [4.69, 9.17) is 0 Å². The molecular weight excluding hydrogens is 232 g/mol. The third kappa shape index (κ3) is 3.16. The first-order valence-corrected chi connectivity index (χ1v) is 5.87. The summed E-state index contributed by atoms with van der Waals surface area (Å²) in [6, 6.07) is 0. The normalized spacial score (nSPS) is 11.2. The predicted octanol–water partition coefficient (Wildman–Crippen LogP) is 0.751. The van der Waals surface area contributed by atoms with E-state index < -0.39 is 5.54 Å². The van der Waals surface area contributed by atoms with Gasteiger partial charge in [-0.1, -0.05) is 0 Å². The van der Waals surface area contributed by atoms with Gasteiger partial charge in [-0.05, 0) is 20.8 Å². The van der Waals surface area contributed by atoms with Crippen LogP contribution in [0.1, 0.15) is 31.3 Å². The number of hydrogen-bond acceptors (Lipinski definition) is 5. The number of carbonyl (C=O) groups is 1. The van der Waals surface area contributed by atoms with E-state index in [1.807, 2.05) is 6.92 Å². The van der Waals surface area contributed by atoms with E-state index >= 15 is 0 Å². The molecule has 0 spiro atoms. The van der Waals surface area contributed by atoms with Crippen LogP contribution in [0.5, 0.6) is 0 Å². The lowest BCUT2D eigenvalue weighted by Crippen LogP contribution is -2.47. The van der Waals surface area contributed by atoms with E-state index in [9.17, 15) is 9.90 Å². The lowest BCUT2D eigenvalue weighted by Gasteiger charge is -2.33. The molecular formula is C12H20N4O2. The Labute approximate surface area is 107 Å². The molecule has 0 saturated carbocycles. The highest BCUT2D eigenvalue weighted by Crippen LogP contribution is 2.14. The van der Waals surface area contributed by atoms with Crippen molar-refractivity contribution in [1.29, 1.82) is 0 Å². The van der Waals surface area contributed by atoms with Crippen LogP contribution in [0.15, 0.2) is 12.4 Å². The van der Waals surface area contributed by atoms with Gasteiger partial charge in [-0.3, -0.25) is 9.78 Å². The quantitative estimate of drug-likeness (QED) is 0.808. The first kappa shape index (κ1) is 14.4. The topological polar surface area (TPSA) is 78.4 Å². The molecule has 6 heteroatoms. The van der Waals surface area contributed by atoms with Gasteiger partial charge in [0.15, 0.2) is 0 Å². The average molecular weight is 252 g/mol. The van der Waals surface area contributed by atoms with Crippen LogP contribution in [-0.2, 0) is 0 Å². The number of aromatic nitrogens is 2. The summed E-state index contributed by atoms with van der Waals surface area (Å²) in [5, 5.41) is 12.3. The molecule has 1 heterocycles. The fourth-order valence-corrected chi connectivity index (χ4v) is 1.29. The van der Waals surface area contributed by atoms with E-state index in [2.05, 4.69) is 15.3 Å². The molecule has 0 bridgehead atoms. The Hall–Kier alpha value is -1.69. The summed E-state index contributed by atoms with van der Waals surface area (Å²) in [6.45, 7) is 6.11. The molecule has 0 fully saturated rings. The third-order valence-corrected chi connectivity index (χ3v) is 2.81. The maximum absolute atomic E-state index is 12.2. The molecule has 0 unspecified atom stereocenters. The lowest BCUT2D eigenvalue weighted by molar-refractivity contribution is 0.0467. The zero-order valence-corrected chi connectivity index (χ0v) is 11.3. The van der Waals surface area contributed by atoms with Crippen molar-refractivity contribution in [3.63, 3.8) is 0 Å². The second-order valence-electron chi connectivity index (χ2n) is 4.65. The van der Waals surface area contributed by atoms with Gasteiger partial charge in [0.1, 0.15) is 11.5 Å². The molecule has 0 aliphatic rings. The zero-order chi connectivity index (χ0) is 13.8. The summed E-state index contributed by atoms with van der Waals surface area (Å²) in [6.07, 6.45) is 2.99. The van der Waals surface area contributed by atoms with Gasteiger partial charge in [-0.15, -0.1) is 0 Å². The van der Waals surface area contributed by atoms with E-state index in [0.29, 0.717) is 12.4 Å². The second-order valence-corrected chi connectivity index (χ2v) is 4.65. The highest BCUT2D eigenvalue weighted by Gasteiger charge is 2.28. The molecule has 1 aromatic heterocycles. The highest BCUT2D eigenvalue weighted by atomic mass is 16.3. The molecule has 0 atom stereocenters. The number of hydrogen-bond donors (Lipinski definition) is 2. The van der Waals surface area contributed by atoms with Crippen molar-refractivity contribution in [3.05, 3.63) is 18.1 Å². The fourth-order valence-electron chi connectivity index (χ4n) is 1.29. The maximum atomic E-state index is 12.2. The Morgan fingerprint density at radius 3 is 2.72 bits per heavy atom. The molecule has 0 aliphatic carbocycles. The van der Waals surface area contributed by atoms with Crippen molar-refractivity contribution in [2.75, 3.05) is 25.5 Å². The molecule has 100 valence electrons. The molecule has 1 amide bonds. The van der Waals surface area contributed by atoms with Gasteiger partial charge in [-0.2, -0.15) is 0 Å². The number of amides is 1. The van der Waals surface area contributed by atoms with Crippen molar-refractivity contribution in [2.45, 2.75) is 26.3 Å². The lowest BCUT2D eigenvalue weighted by atomic mass is 10.0. The number of anilines is 1. The summed E-state index contributed by atoms with van der Waals surface area (Å²) < 4.78 is 0. The number of aliphatic hydroxyl groups excluding tert-OH is 1. The van der Waals surface area contributed by atoms with E-state index in [0.717, 1.165) is 0 Å². The summed E-state index contributed by atoms with van der Waals surface area (Å²) in [5.74, 6) is 0.305. The smallest absolute Gasteiger partial charge is 0.274 e. The Balaban J connectivity index is 2.93. The largest absolute Gasteiger partial charge is 0.394 e. The van der Waals surface area contributed by atoms with Crippen molar-refractivity contribution in [1.82, 2.24) is 14.9 Å². The molecule has 0 radical (unpaired) electrons. The van der Waals surface area contributed by atoms with Crippen LogP contribution in [0.3, 0.4) is 0 Å². The van der Waals surface area contributed by atoms with Crippen molar-refractivity contribution >= 4 is 11.7 Å². The Morgan fingerprint density at radius 1 is 1.50 bits per heavy atom. The van der Waals surface area contributed by atoms with Crippen LogP contribution in [0, 0.1) is 0 Å². The predicted molar refractivity (Wildman–Crippen MR) is 69.5 cm³/mol. The number of aliphatic hydroxyl groups is 1. The van der Waals surface area contributed by atoms with E-state index in [1.54, 1.807) is 27.1 Å². The van der Waals surface area contributed by atoms with Gasteiger partial charge in [0.25, 0.3) is 5.91 Å². The second kappa shape index (κ2) is 5.77. The summed E-state index contributed by atoms with van der Waals surface area (Å²) in [7, 11) is 1.64. The van der Waals surface area contributed by atoms with Crippen LogP contribution < -0.4 is 5.32 Å². The molecule has 1 aromatic rings. The van der Waals surface area contributed by atoms with Crippen molar-refractivity contribution < 1.29 is 9.90 Å². The summed E-state index contributed by atoms with van der Waals surface area (Å²) in [5.41, 5.74) is -0.370. The summed E-state index contributed by atoms with van der Waals surface area (Å²) in [4.78, 5) is 21.8. The fraction of sp³-hybridized carbons (Fsp3) is 0.583. The Bertz CT molecular complexity index is 420. The van der Waals surface area contributed by atoms with E-state index in [1.165, 1.54) is 11.1 Å². The molecule has 0 aromatic carbocycles. The number of rotatable bonds is 5. The maximum Gasteiger partial charge on any atom is 0.274 e. The van der Waals surface area contributed by atoms with Gasteiger partial charge in [0.2, 0.25) is 0 Å². The molecule has 2 N–H and O–H groups in total. The summed E-state index contributed by atoms with van der Waals surface area (Å²) >= 11 is 0. The van der Waals surface area contributed by atoms with Crippen LogP contribution in [0.4, 0.5) is 5.82 Å². The molecule has 6 nitrogen and oxygen atoms in total. The number of carbonyl (C=O) groups excluding carboxylic acids is 1. The minimum absolute atomic E-state index is 0.116. The van der Waals surface area contributed by atoms with Gasteiger partial charge in [-0.25, -0.2) is 4.98 Å². The first-order chi connectivity index (χ1) is 8.42. The van der Waals surface area contributed by atoms with Crippen LogP contribution in [0.25, 0.3) is 0 Å². The average Bonchev–Trinajstić information content (AvgIpc) is 2.37. The molecule has 18 heavy (non-hydrogen) atoms. The Kier molecular flexibility index (Phi) is 4.61. The number of nitrogens with one attached hydrogen (secondary N) is 1. The minimum atomic E-state index is -0.632. The van der Waals surface area contributed by atoms with Gasteiger partial charge in [0, 0.05) is 13.6 Å². The minimum Gasteiger partial charge on any atom is -0.394 e. The highest BCUT2D eigenvalue weighted by molar-refractivity contribution is 5.92. The standard InChI is InChI=1S/C12H20N4O2/c1-5-14-10-7-13-6-9(15-10)11(18)16(4)12(2,3)8-17/h6-7,17H,5,8H2,1-4H3,(H,14,15). The third-order valence-electron chi connectivity index (χ3n) is 2.81. The van der Waals surface area contributed by atoms with Crippen molar-refractivity contribution in [2.24, 2.45) is 0 Å². The Morgan fingerprint density at radius 2 is 2.17 bits per heavy atom. The molecule has 0 aliphatic heterocycles. The van der Waals surface area contributed by atoms with Crippen LogP contribution in [0.2, 0.25) is 0 Å². The van der Waals surface area contributed by atoms with Gasteiger partial charge >= 0.3 is 0 Å². The van der Waals surface area contributed by atoms with E-state index in [-0.39, 0.29) is 18.2 Å². The molecule has 0 saturated heterocycles. The van der Waals surface area contributed by atoms with Gasteiger partial charge in [0.05, 0.1) is 24.5 Å². The first-order valence-electron chi connectivity index (χ1n) is 5.87. The van der Waals surface area contributed by atoms with Crippen molar-refractivity contribution in [3.8, 4) is 0 Å². The SMILES string of the molecule is CCNc1cncc(C(=O)N(C)C(C)(C)CO)n1. The molecule has 1 rings (SSSR count). The zero-order valence-electron chi connectivity index (χ0n) is 11.3. The number of nitrogens with zero attached hydrogens (tertiary/aromatic N) is 3. The van der Waals surface area contributed by atoms with Crippen LogP contribution >= 0.6 is 0 Å². The monoisotopic (exact) mass is 252 g/mol.